The van der Waals surface area contributed by atoms with E-state index in [2.05, 4.69) is 15.0 Å². The molecule has 5 rings (SSSR count). The number of hydrogen-bond donors (Lipinski definition) is 2. The maximum Gasteiger partial charge on any atom is 0.335 e. The molecule has 0 unspecified atom stereocenters. The molecular weight excluding hydrogens is 501 g/mol. The zero-order valence-corrected chi connectivity index (χ0v) is 20.6. The molecule has 1 aliphatic rings. The second-order valence-corrected chi connectivity index (χ2v) is 9.78. The van der Waals surface area contributed by atoms with Crippen molar-refractivity contribution in [2.24, 2.45) is 0 Å². The lowest BCUT2D eigenvalue weighted by atomic mass is 9.91. The molecule has 192 valence electrons. The van der Waals surface area contributed by atoms with Gasteiger partial charge in [0.15, 0.2) is 5.65 Å². The van der Waals surface area contributed by atoms with Crippen molar-refractivity contribution in [1.82, 2.24) is 24.2 Å². The lowest BCUT2D eigenvalue weighted by Crippen LogP contribution is -2.48. The maximum atomic E-state index is 13.3. The first-order valence-corrected chi connectivity index (χ1v) is 12.3. The largest absolute Gasteiger partial charge is 0.478 e. The van der Waals surface area contributed by atoms with Crippen LogP contribution < -0.4 is 5.56 Å². The summed E-state index contributed by atoms with van der Waals surface area (Å²) in [7, 11) is 0. The van der Waals surface area contributed by atoms with Gasteiger partial charge in [-0.25, -0.2) is 18.9 Å². The average Bonchev–Trinajstić information content (AvgIpc) is 3.31. The van der Waals surface area contributed by atoms with Gasteiger partial charge in [-0.05, 0) is 61.2 Å². The van der Waals surface area contributed by atoms with E-state index >= 15 is 0 Å². The molecule has 0 atom stereocenters. The Balaban J connectivity index is 1.23. The van der Waals surface area contributed by atoms with Crippen LogP contribution in [0, 0.1) is 5.82 Å². The fourth-order valence-electron chi connectivity index (χ4n) is 4.66. The van der Waals surface area contributed by atoms with E-state index in [0.29, 0.717) is 54.1 Å². The first kappa shape index (κ1) is 25.1. The molecule has 9 nitrogen and oxygen atoms in total. The first-order chi connectivity index (χ1) is 17.7. The van der Waals surface area contributed by atoms with Crippen LogP contribution in [0.5, 0.6) is 0 Å². The third-order valence-electron chi connectivity index (χ3n) is 6.87. The van der Waals surface area contributed by atoms with Crippen LogP contribution in [0.4, 0.5) is 4.39 Å². The van der Waals surface area contributed by atoms with Crippen LogP contribution in [0.2, 0.25) is 5.02 Å². The summed E-state index contributed by atoms with van der Waals surface area (Å²) in [6, 6.07) is 10.5. The van der Waals surface area contributed by atoms with Crippen LogP contribution in [0.1, 0.15) is 28.8 Å². The molecule has 1 saturated heterocycles. The number of carbonyl (C=O) groups is 1. The number of aliphatic hydroxyl groups is 1. The number of rotatable bonds is 7. The minimum atomic E-state index is -1.05. The van der Waals surface area contributed by atoms with Gasteiger partial charge in [-0.1, -0.05) is 17.7 Å². The van der Waals surface area contributed by atoms with E-state index in [9.17, 15) is 19.1 Å². The predicted octanol–water partition coefficient (Wildman–Crippen LogP) is 3.14. The van der Waals surface area contributed by atoms with E-state index in [0.717, 1.165) is 12.1 Å². The van der Waals surface area contributed by atoms with Crippen LogP contribution in [-0.2, 0) is 13.0 Å². The monoisotopic (exact) mass is 525 g/mol. The van der Waals surface area contributed by atoms with Gasteiger partial charge in [0.25, 0.3) is 5.56 Å². The standard InChI is InChI=1S/C26H25ClFN5O4/c27-22-13-18(25(35)36)2-1-17(22)7-10-31-11-8-26(37,9-12-31)15-32-16-29-23-21(24(32)34)14-30-33(23)20-5-3-19(28)4-6-20/h1-6,13-14,16,37H,7-12,15H2,(H,35,36). The van der Waals surface area contributed by atoms with Gasteiger partial charge in [0.2, 0.25) is 0 Å². The number of hydrogen-bond acceptors (Lipinski definition) is 6. The Morgan fingerprint density at radius 3 is 2.54 bits per heavy atom. The summed E-state index contributed by atoms with van der Waals surface area (Å²) in [6.45, 7) is 2.13. The molecular formula is C26H25ClFN5O4. The summed E-state index contributed by atoms with van der Waals surface area (Å²) < 4.78 is 16.2. The lowest BCUT2D eigenvalue weighted by molar-refractivity contribution is -0.0345. The van der Waals surface area contributed by atoms with Gasteiger partial charge >= 0.3 is 5.97 Å². The number of aromatic nitrogens is 4. The fourth-order valence-corrected chi connectivity index (χ4v) is 4.94. The summed E-state index contributed by atoms with van der Waals surface area (Å²) in [5.74, 6) is -1.38. The molecule has 0 amide bonds. The van der Waals surface area contributed by atoms with Crippen molar-refractivity contribution >= 4 is 28.6 Å². The van der Waals surface area contributed by atoms with E-state index in [1.54, 1.807) is 24.3 Å². The van der Waals surface area contributed by atoms with Crippen molar-refractivity contribution in [2.45, 2.75) is 31.4 Å². The number of nitrogens with zero attached hydrogens (tertiary/aromatic N) is 5. The number of aromatic carboxylic acids is 1. The van der Waals surface area contributed by atoms with Crippen molar-refractivity contribution in [1.29, 1.82) is 0 Å². The molecule has 0 radical (unpaired) electrons. The Hall–Kier alpha value is -3.60. The highest BCUT2D eigenvalue weighted by Gasteiger charge is 2.33. The van der Waals surface area contributed by atoms with Crippen LogP contribution in [0.25, 0.3) is 16.7 Å². The number of fused-ring (bicyclic) bond motifs is 1. The molecule has 0 bridgehead atoms. The molecule has 4 aromatic rings. The zero-order chi connectivity index (χ0) is 26.2. The smallest absolute Gasteiger partial charge is 0.335 e. The van der Waals surface area contributed by atoms with Crippen LogP contribution in [-0.4, -0.2) is 65.6 Å². The molecule has 0 saturated carbocycles. The van der Waals surface area contributed by atoms with Crippen molar-refractivity contribution in [3.63, 3.8) is 0 Å². The van der Waals surface area contributed by atoms with E-state index in [-0.39, 0.29) is 23.5 Å². The number of likely N-dealkylation sites (tertiary alicyclic amines) is 1. The van der Waals surface area contributed by atoms with Gasteiger partial charge in [0.1, 0.15) is 17.5 Å². The Morgan fingerprint density at radius 1 is 1.14 bits per heavy atom. The maximum absolute atomic E-state index is 13.3. The van der Waals surface area contributed by atoms with E-state index in [1.807, 2.05) is 0 Å². The highest BCUT2D eigenvalue weighted by molar-refractivity contribution is 6.31. The van der Waals surface area contributed by atoms with Gasteiger partial charge in [-0.15, -0.1) is 0 Å². The SMILES string of the molecule is O=C(O)c1ccc(CCN2CCC(O)(Cn3cnc4c(cnn4-c4ccc(F)cc4)c3=O)CC2)c(Cl)c1. The molecule has 0 spiro atoms. The van der Waals surface area contributed by atoms with E-state index in [1.165, 1.54) is 40.0 Å². The third kappa shape index (κ3) is 5.27. The molecule has 1 aliphatic heterocycles. The minimum absolute atomic E-state index is 0.118. The number of piperidine rings is 1. The average molecular weight is 526 g/mol. The van der Waals surface area contributed by atoms with Gasteiger partial charge in [0.05, 0.1) is 29.6 Å². The predicted molar refractivity (Wildman–Crippen MR) is 136 cm³/mol. The highest BCUT2D eigenvalue weighted by Crippen LogP contribution is 2.25. The van der Waals surface area contributed by atoms with Crippen LogP contribution in [0.15, 0.2) is 59.8 Å². The van der Waals surface area contributed by atoms with Gasteiger partial charge < -0.3 is 15.1 Å². The Morgan fingerprint density at radius 2 is 1.86 bits per heavy atom. The molecule has 1 fully saturated rings. The molecule has 3 heterocycles. The second kappa shape index (κ2) is 10.0. The number of halogens is 2. The molecule has 0 aliphatic carbocycles. The topological polar surface area (TPSA) is 113 Å². The Bertz CT molecular complexity index is 1510. The second-order valence-electron chi connectivity index (χ2n) is 9.38. The van der Waals surface area contributed by atoms with E-state index < -0.39 is 11.6 Å². The van der Waals surface area contributed by atoms with E-state index in [4.69, 9.17) is 16.7 Å². The molecule has 11 heteroatoms. The molecule has 37 heavy (non-hydrogen) atoms. The summed E-state index contributed by atoms with van der Waals surface area (Å²) >= 11 is 6.24. The fraction of sp³-hybridized carbons (Fsp3) is 0.308. The summed E-state index contributed by atoms with van der Waals surface area (Å²) in [5, 5.41) is 25.3. The molecule has 2 N–H and O–H groups in total. The van der Waals surface area contributed by atoms with Gasteiger partial charge in [-0.2, -0.15) is 5.10 Å². The van der Waals surface area contributed by atoms with Crippen molar-refractivity contribution in [3.05, 3.63) is 87.3 Å². The number of carboxylic acids is 1. The van der Waals surface area contributed by atoms with Crippen molar-refractivity contribution in [2.75, 3.05) is 19.6 Å². The summed E-state index contributed by atoms with van der Waals surface area (Å²) in [5.41, 5.74) is 0.635. The minimum Gasteiger partial charge on any atom is -0.478 e. The number of benzene rings is 2. The van der Waals surface area contributed by atoms with Gasteiger partial charge in [-0.3, -0.25) is 9.36 Å². The summed E-state index contributed by atoms with van der Waals surface area (Å²) in [6.07, 6.45) is 4.48. The molecule has 2 aromatic carbocycles. The quantitative estimate of drug-likeness (QED) is 0.381. The third-order valence-corrected chi connectivity index (χ3v) is 7.23. The zero-order valence-electron chi connectivity index (χ0n) is 19.8. The van der Waals surface area contributed by atoms with Crippen LogP contribution in [0.3, 0.4) is 0 Å². The lowest BCUT2D eigenvalue weighted by Gasteiger charge is -2.38. The normalized spacial score (nSPS) is 15.8. The van der Waals surface area contributed by atoms with Crippen molar-refractivity contribution in [3.8, 4) is 5.69 Å². The number of carboxylic acid groups (broad SMARTS) is 1. The summed E-state index contributed by atoms with van der Waals surface area (Å²) in [4.78, 5) is 30.8. The first-order valence-electron chi connectivity index (χ1n) is 11.9. The van der Waals surface area contributed by atoms with Crippen molar-refractivity contribution < 1.29 is 19.4 Å². The van der Waals surface area contributed by atoms with Gasteiger partial charge in [0, 0.05) is 24.7 Å². The highest BCUT2D eigenvalue weighted by atomic mass is 35.5. The molecule has 2 aromatic heterocycles. The van der Waals surface area contributed by atoms with Crippen LogP contribution >= 0.6 is 11.6 Å². The Labute approximate surface area is 216 Å². The Kier molecular flexibility index (Phi) is 6.80.